The van der Waals surface area contributed by atoms with E-state index >= 15 is 0 Å². The molecular weight excluding hydrogens is 218 g/mol. The van der Waals surface area contributed by atoms with Gasteiger partial charge in [0.05, 0.1) is 6.20 Å². The van der Waals surface area contributed by atoms with E-state index in [-0.39, 0.29) is 0 Å². The number of rotatable bonds is 6. The Balaban J connectivity index is 2.11. The molecule has 0 saturated heterocycles. The second-order valence-corrected chi connectivity index (χ2v) is 6.76. The van der Waals surface area contributed by atoms with Gasteiger partial charge in [-0.25, -0.2) is 0 Å². The zero-order chi connectivity index (χ0) is 12.0. The highest BCUT2D eigenvalue weighted by Gasteiger charge is 2.09. The van der Waals surface area contributed by atoms with Gasteiger partial charge in [-0.15, -0.1) is 0 Å². The van der Waals surface area contributed by atoms with Crippen LogP contribution in [-0.2, 0) is 13.1 Å². The molecule has 16 heavy (non-hydrogen) atoms. The van der Waals surface area contributed by atoms with Gasteiger partial charge in [-0.3, -0.25) is 4.68 Å². The van der Waals surface area contributed by atoms with Crippen molar-refractivity contribution < 1.29 is 0 Å². The van der Waals surface area contributed by atoms with Gasteiger partial charge >= 0.3 is 0 Å². The van der Waals surface area contributed by atoms with Gasteiger partial charge in [-0.2, -0.15) is 16.9 Å². The van der Waals surface area contributed by atoms with E-state index in [1.54, 1.807) is 0 Å². The standard InChI is InChI=1S/C12H23N3S/c1-5-15-10-11(9-14-15)8-13-6-7-16-12(2,3)4/h9-10,13H,5-8H2,1-4H3. The van der Waals surface area contributed by atoms with Gasteiger partial charge in [0, 0.05) is 41.9 Å². The van der Waals surface area contributed by atoms with Gasteiger partial charge in [-0.1, -0.05) is 20.8 Å². The summed E-state index contributed by atoms with van der Waals surface area (Å²) in [5, 5.41) is 7.68. The van der Waals surface area contributed by atoms with Crippen LogP contribution in [-0.4, -0.2) is 26.8 Å². The Bertz CT molecular complexity index is 301. The molecule has 1 aromatic heterocycles. The molecule has 0 radical (unpaired) electrons. The molecule has 1 heterocycles. The first-order valence-electron chi connectivity index (χ1n) is 5.87. The summed E-state index contributed by atoms with van der Waals surface area (Å²) in [6.07, 6.45) is 4.04. The van der Waals surface area contributed by atoms with Crippen molar-refractivity contribution in [3.63, 3.8) is 0 Å². The predicted molar refractivity (Wildman–Crippen MR) is 71.8 cm³/mol. The third kappa shape index (κ3) is 5.56. The molecule has 0 aliphatic heterocycles. The molecule has 0 aliphatic carbocycles. The molecule has 0 aromatic carbocycles. The lowest BCUT2D eigenvalue weighted by atomic mass is 10.3. The van der Waals surface area contributed by atoms with E-state index in [0.29, 0.717) is 4.75 Å². The zero-order valence-corrected chi connectivity index (χ0v) is 11.6. The Labute approximate surface area is 103 Å². The van der Waals surface area contributed by atoms with Gasteiger partial charge < -0.3 is 5.32 Å². The largest absolute Gasteiger partial charge is 0.312 e. The summed E-state index contributed by atoms with van der Waals surface area (Å²) in [5.74, 6) is 1.16. The third-order valence-electron chi connectivity index (χ3n) is 2.15. The topological polar surface area (TPSA) is 29.9 Å². The first-order chi connectivity index (χ1) is 7.51. The minimum absolute atomic E-state index is 0.370. The van der Waals surface area contributed by atoms with Crippen LogP contribution in [0.3, 0.4) is 0 Å². The first-order valence-corrected chi connectivity index (χ1v) is 6.86. The van der Waals surface area contributed by atoms with Gasteiger partial charge in [0.1, 0.15) is 0 Å². The summed E-state index contributed by atoms with van der Waals surface area (Å²) in [4.78, 5) is 0. The Morgan fingerprint density at radius 3 is 2.75 bits per heavy atom. The normalized spacial score (nSPS) is 12.0. The minimum atomic E-state index is 0.370. The van der Waals surface area contributed by atoms with Crippen molar-refractivity contribution in [2.45, 2.75) is 45.5 Å². The van der Waals surface area contributed by atoms with E-state index in [1.165, 1.54) is 5.56 Å². The Hall–Kier alpha value is -0.480. The molecule has 0 saturated carbocycles. The van der Waals surface area contributed by atoms with E-state index in [1.807, 2.05) is 22.6 Å². The number of nitrogens with one attached hydrogen (secondary N) is 1. The Morgan fingerprint density at radius 2 is 2.19 bits per heavy atom. The maximum Gasteiger partial charge on any atom is 0.0534 e. The van der Waals surface area contributed by atoms with Crippen molar-refractivity contribution in [3.05, 3.63) is 18.0 Å². The SMILES string of the molecule is CCn1cc(CNCCSC(C)(C)C)cn1. The lowest BCUT2D eigenvalue weighted by Gasteiger charge is -2.17. The highest BCUT2D eigenvalue weighted by molar-refractivity contribution is 8.00. The molecule has 0 aliphatic rings. The summed E-state index contributed by atoms with van der Waals surface area (Å²) in [7, 11) is 0. The van der Waals surface area contributed by atoms with Crippen molar-refractivity contribution in [2.24, 2.45) is 0 Å². The molecule has 0 unspecified atom stereocenters. The van der Waals surface area contributed by atoms with Crippen molar-refractivity contribution in [3.8, 4) is 0 Å². The molecule has 0 amide bonds. The fourth-order valence-electron chi connectivity index (χ4n) is 1.33. The van der Waals surface area contributed by atoms with Crippen LogP contribution >= 0.6 is 11.8 Å². The summed E-state index contributed by atoms with van der Waals surface area (Å²) in [6, 6.07) is 0. The number of thioether (sulfide) groups is 1. The highest BCUT2D eigenvalue weighted by atomic mass is 32.2. The van der Waals surface area contributed by atoms with Crippen LogP contribution in [0.1, 0.15) is 33.3 Å². The van der Waals surface area contributed by atoms with Crippen molar-refractivity contribution in [1.82, 2.24) is 15.1 Å². The average Bonchev–Trinajstić information content (AvgIpc) is 2.63. The van der Waals surface area contributed by atoms with Crippen LogP contribution in [0.15, 0.2) is 12.4 Å². The fourth-order valence-corrected chi connectivity index (χ4v) is 2.19. The van der Waals surface area contributed by atoms with Crippen molar-refractivity contribution in [2.75, 3.05) is 12.3 Å². The molecule has 0 fully saturated rings. The number of hydrogen-bond acceptors (Lipinski definition) is 3. The smallest absolute Gasteiger partial charge is 0.0534 e. The van der Waals surface area contributed by atoms with E-state index in [2.05, 4.69) is 44.3 Å². The van der Waals surface area contributed by atoms with Gasteiger partial charge in [-0.05, 0) is 6.92 Å². The monoisotopic (exact) mass is 241 g/mol. The number of aryl methyl sites for hydroxylation is 1. The Kier molecular flexibility index (Phi) is 5.35. The summed E-state index contributed by atoms with van der Waals surface area (Å²) in [5.41, 5.74) is 1.27. The van der Waals surface area contributed by atoms with Crippen molar-refractivity contribution >= 4 is 11.8 Å². The summed E-state index contributed by atoms with van der Waals surface area (Å²) < 4.78 is 2.33. The van der Waals surface area contributed by atoms with E-state index < -0.39 is 0 Å². The minimum Gasteiger partial charge on any atom is -0.312 e. The molecule has 1 N–H and O–H groups in total. The van der Waals surface area contributed by atoms with E-state index in [9.17, 15) is 0 Å². The zero-order valence-electron chi connectivity index (χ0n) is 10.8. The summed E-state index contributed by atoms with van der Waals surface area (Å²) in [6.45, 7) is 11.8. The molecule has 1 aromatic rings. The van der Waals surface area contributed by atoms with Crippen LogP contribution in [0.4, 0.5) is 0 Å². The fraction of sp³-hybridized carbons (Fsp3) is 0.750. The third-order valence-corrected chi connectivity index (χ3v) is 3.43. The van der Waals surface area contributed by atoms with Crippen LogP contribution in [0.5, 0.6) is 0 Å². The van der Waals surface area contributed by atoms with E-state index in [4.69, 9.17) is 0 Å². The number of hydrogen-bond donors (Lipinski definition) is 1. The molecule has 0 bridgehead atoms. The van der Waals surface area contributed by atoms with Gasteiger partial charge in [0.25, 0.3) is 0 Å². The lowest BCUT2D eigenvalue weighted by molar-refractivity contribution is 0.657. The van der Waals surface area contributed by atoms with Gasteiger partial charge in [0.15, 0.2) is 0 Å². The maximum atomic E-state index is 4.24. The number of nitrogens with zero attached hydrogens (tertiary/aromatic N) is 2. The second-order valence-electron chi connectivity index (χ2n) is 4.84. The van der Waals surface area contributed by atoms with E-state index in [0.717, 1.165) is 25.4 Å². The quantitative estimate of drug-likeness (QED) is 0.776. The molecular formula is C12H23N3S. The molecule has 92 valence electrons. The van der Waals surface area contributed by atoms with Crippen LogP contribution in [0.2, 0.25) is 0 Å². The van der Waals surface area contributed by atoms with Crippen molar-refractivity contribution in [1.29, 1.82) is 0 Å². The lowest BCUT2D eigenvalue weighted by Crippen LogP contribution is -2.19. The predicted octanol–water partition coefficient (Wildman–Crippen LogP) is 2.52. The molecule has 0 spiro atoms. The Morgan fingerprint density at radius 1 is 1.44 bits per heavy atom. The molecule has 3 nitrogen and oxygen atoms in total. The second kappa shape index (κ2) is 6.30. The summed E-state index contributed by atoms with van der Waals surface area (Å²) >= 11 is 2.00. The van der Waals surface area contributed by atoms with Crippen LogP contribution < -0.4 is 5.32 Å². The molecule has 1 rings (SSSR count). The number of aromatic nitrogens is 2. The average molecular weight is 241 g/mol. The highest BCUT2D eigenvalue weighted by Crippen LogP contribution is 2.21. The van der Waals surface area contributed by atoms with Gasteiger partial charge in [0.2, 0.25) is 0 Å². The molecule has 4 heteroatoms. The first kappa shape index (κ1) is 13.6. The van der Waals surface area contributed by atoms with Crippen LogP contribution in [0.25, 0.3) is 0 Å². The van der Waals surface area contributed by atoms with Crippen LogP contribution in [0, 0.1) is 0 Å². The maximum absolute atomic E-state index is 4.24. The molecule has 0 atom stereocenters.